The van der Waals surface area contributed by atoms with E-state index in [-0.39, 0.29) is 5.82 Å². The van der Waals surface area contributed by atoms with Crippen molar-refractivity contribution in [2.75, 3.05) is 20.1 Å². The predicted molar refractivity (Wildman–Crippen MR) is 89.9 cm³/mol. The number of hydrogen-bond donors (Lipinski definition) is 0. The lowest BCUT2D eigenvalue weighted by Crippen LogP contribution is -2.34. The zero-order valence-corrected chi connectivity index (χ0v) is 14.6. The molecule has 6 nitrogen and oxygen atoms in total. The molecule has 2 aromatic rings. The second kappa shape index (κ2) is 7.72. The van der Waals surface area contributed by atoms with E-state index in [2.05, 4.69) is 26.0 Å². The number of likely N-dealkylation sites (tertiary alicyclic amines) is 1. The third-order valence-electron chi connectivity index (χ3n) is 4.64. The van der Waals surface area contributed by atoms with Gasteiger partial charge in [0.2, 0.25) is 5.89 Å². The highest BCUT2D eigenvalue weighted by Crippen LogP contribution is 2.20. The van der Waals surface area contributed by atoms with Gasteiger partial charge < -0.3 is 4.52 Å². The Morgan fingerprint density at radius 1 is 1.48 bits per heavy atom. The summed E-state index contributed by atoms with van der Waals surface area (Å²) in [5.74, 6) is 1.10. The van der Waals surface area contributed by atoms with Gasteiger partial charge in [-0.15, -0.1) is 0 Å². The van der Waals surface area contributed by atoms with E-state index in [4.69, 9.17) is 9.78 Å². The van der Waals surface area contributed by atoms with Gasteiger partial charge in [0.1, 0.15) is 5.82 Å². The van der Waals surface area contributed by atoms with Crippen LogP contribution < -0.4 is 0 Å². The summed E-state index contributed by atoms with van der Waals surface area (Å²) in [6, 6.07) is 6.95. The number of nitrogens with zero attached hydrogens (tertiary/aromatic N) is 5. The van der Waals surface area contributed by atoms with E-state index in [1.54, 1.807) is 6.07 Å². The van der Waals surface area contributed by atoms with Crippen molar-refractivity contribution in [1.82, 2.24) is 19.9 Å². The van der Waals surface area contributed by atoms with Gasteiger partial charge in [-0.1, -0.05) is 12.1 Å². The monoisotopic (exact) mass is 343 g/mol. The number of rotatable bonds is 6. The molecular formula is C18H22FN5O. The SMILES string of the molecule is CCc1nc(CN(C)[C@@H]2CCN(Cc3cc(C#N)ccc3F)C2)no1. The van der Waals surface area contributed by atoms with Crippen LogP contribution in [-0.2, 0) is 19.5 Å². The molecule has 0 saturated carbocycles. The van der Waals surface area contributed by atoms with E-state index in [9.17, 15) is 4.39 Å². The van der Waals surface area contributed by atoms with Crippen molar-refractivity contribution < 1.29 is 8.91 Å². The number of benzene rings is 1. The van der Waals surface area contributed by atoms with Crippen molar-refractivity contribution in [1.29, 1.82) is 5.26 Å². The highest BCUT2D eigenvalue weighted by molar-refractivity contribution is 5.33. The van der Waals surface area contributed by atoms with E-state index in [0.717, 1.165) is 25.9 Å². The minimum absolute atomic E-state index is 0.255. The molecule has 0 spiro atoms. The van der Waals surface area contributed by atoms with Crippen LogP contribution in [0.1, 0.15) is 36.2 Å². The van der Waals surface area contributed by atoms with Crippen molar-refractivity contribution in [2.24, 2.45) is 0 Å². The van der Waals surface area contributed by atoms with Crippen LogP contribution in [0.5, 0.6) is 0 Å². The first-order chi connectivity index (χ1) is 12.1. The topological polar surface area (TPSA) is 69.2 Å². The fourth-order valence-corrected chi connectivity index (χ4v) is 3.17. The Morgan fingerprint density at radius 3 is 3.04 bits per heavy atom. The molecule has 1 aliphatic heterocycles. The summed E-state index contributed by atoms with van der Waals surface area (Å²) in [7, 11) is 2.05. The van der Waals surface area contributed by atoms with E-state index in [1.807, 2.05) is 14.0 Å². The Labute approximate surface area is 146 Å². The first-order valence-corrected chi connectivity index (χ1v) is 8.51. The molecule has 2 heterocycles. The molecule has 1 aromatic heterocycles. The highest BCUT2D eigenvalue weighted by atomic mass is 19.1. The maximum atomic E-state index is 14.0. The molecule has 0 unspecified atom stereocenters. The molecule has 25 heavy (non-hydrogen) atoms. The van der Waals surface area contributed by atoms with Gasteiger partial charge in [-0.05, 0) is 31.7 Å². The first kappa shape index (κ1) is 17.5. The molecule has 0 radical (unpaired) electrons. The molecule has 0 aliphatic carbocycles. The summed E-state index contributed by atoms with van der Waals surface area (Å²) in [5.41, 5.74) is 1.07. The minimum Gasteiger partial charge on any atom is -0.339 e. The van der Waals surface area contributed by atoms with E-state index in [0.29, 0.717) is 42.0 Å². The molecule has 0 amide bonds. The minimum atomic E-state index is -0.255. The zero-order valence-electron chi connectivity index (χ0n) is 14.6. The van der Waals surface area contributed by atoms with Gasteiger partial charge in [-0.2, -0.15) is 10.2 Å². The molecule has 132 valence electrons. The summed E-state index contributed by atoms with van der Waals surface area (Å²) in [6.45, 7) is 4.90. The molecule has 0 bridgehead atoms. The zero-order chi connectivity index (χ0) is 17.8. The fraction of sp³-hybridized carbons (Fsp3) is 0.500. The lowest BCUT2D eigenvalue weighted by molar-refractivity contribution is 0.215. The third-order valence-corrected chi connectivity index (χ3v) is 4.64. The second-order valence-electron chi connectivity index (χ2n) is 6.47. The van der Waals surface area contributed by atoms with Crippen molar-refractivity contribution in [3.63, 3.8) is 0 Å². The van der Waals surface area contributed by atoms with Gasteiger partial charge in [-0.3, -0.25) is 9.80 Å². The number of halogens is 1. The summed E-state index contributed by atoms with van der Waals surface area (Å²) in [6.07, 6.45) is 1.75. The largest absolute Gasteiger partial charge is 0.339 e. The van der Waals surface area contributed by atoms with Gasteiger partial charge in [0.15, 0.2) is 5.82 Å². The maximum Gasteiger partial charge on any atom is 0.226 e. The van der Waals surface area contributed by atoms with Crippen LogP contribution in [0, 0.1) is 17.1 Å². The highest BCUT2D eigenvalue weighted by Gasteiger charge is 2.27. The number of aryl methyl sites for hydroxylation is 1. The third kappa shape index (κ3) is 4.21. The molecule has 3 rings (SSSR count). The average molecular weight is 343 g/mol. The van der Waals surface area contributed by atoms with Crippen LogP contribution >= 0.6 is 0 Å². The molecule has 1 fully saturated rings. The van der Waals surface area contributed by atoms with Gasteiger partial charge in [0.05, 0.1) is 18.2 Å². The first-order valence-electron chi connectivity index (χ1n) is 8.51. The molecule has 0 N–H and O–H groups in total. The van der Waals surface area contributed by atoms with Gasteiger partial charge in [0.25, 0.3) is 0 Å². The maximum absolute atomic E-state index is 14.0. The quantitative estimate of drug-likeness (QED) is 0.802. The standard InChI is InChI=1S/C18H22FN5O/c1-3-18-21-17(22-25-18)12-23(2)15-6-7-24(11-15)10-14-8-13(9-20)4-5-16(14)19/h4-5,8,15H,3,6-7,10-12H2,1-2H3/t15-/m1/s1. The lowest BCUT2D eigenvalue weighted by Gasteiger charge is -2.23. The Hall–Kier alpha value is -2.30. The van der Waals surface area contributed by atoms with Crippen LogP contribution in [0.15, 0.2) is 22.7 Å². The number of hydrogen-bond acceptors (Lipinski definition) is 6. The molecular weight excluding hydrogens is 321 g/mol. The molecule has 1 aromatic carbocycles. The molecule has 7 heteroatoms. The smallest absolute Gasteiger partial charge is 0.226 e. The predicted octanol–water partition coefficient (Wildman–Crippen LogP) is 2.35. The van der Waals surface area contributed by atoms with Crippen LogP contribution in [0.4, 0.5) is 4.39 Å². The van der Waals surface area contributed by atoms with E-state index < -0.39 is 0 Å². The van der Waals surface area contributed by atoms with Crippen LogP contribution in [-0.4, -0.2) is 46.1 Å². The fourth-order valence-electron chi connectivity index (χ4n) is 3.17. The Kier molecular flexibility index (Phi) is 5.41. The summed E-state index contributed by atoms with van der Waals surface area (Å²) < 4.78 is 19.1. The van der Waals surface area contributed by atoms with Crippen LogP contribution in [0.2, 0.25) is 0 Å². The van der Waals surface area contributed by atoms with Crippen molar-refractivity contribution in [3.05, 3.63) is 46.9 Å². The van der Waals surface area contributed by atoms with Gasteiger partial charge in [-0.25, -0.2) is 4.39 Å². The van der Waals surface area contributed by atoms with Crippen LogP contribution in [0.25, 0.3) is 0 Å². The van der Waals surface area contributed by atoms with E-state index in [1.165, 1.54) is 12.1 Å². The second-order valence-corrected chi connectivity index (χ2v) is 6.47. The molecule has 1 saturated heterocycles. The summed E-state index contributed by atoms with van der Waals surface area (Å²) >= 11 is 0. The van der Waals surface area contributed by atoms with Crippen molar-refractivity contribution in [2.45, 2.75) is 38.9 Å². The summed E-state index contributed by atoms with van der Waals surface area (Å²) in [4.78, 5) is 8.78. The Balaban J connectivity index is 1.57. The summed E-state index contributed by atoms with van der Waals surface area (Å²) in [5, 5.41) is 13.0. The van der Waals surface area contributed by atoms with E-state index >= 15 is 0 Å². The average Bonchev–Trinajstić information content (AvgIpc) is 3.26. The van der Waals surface area contributed by atoms with Crippen molar-refractivity contribution in [3.8, 4) is 6.07 Å². The molecule has 1 atom stereocenters. The Morgan fingerprint density at radius 2 is 2.32 bits per heavy atom. The van der Waals surface area contributed by atoms with Crippen LogP contribution in [0.3, 0.4) is 0 Å². The number of nitriles is 1. The van der Waals surface area contributed by atoms with Gasteiger partial charge >= 0.3 is 0 Å². The normalized spacial score (nSPS) is 18.0. The Bertz CT molecular complexity index is 769. The lowest BCUT2D eigenvalue weighted by atomic mass is 10.1. The number of aromatic nitrogens is 2. The van der Waals surface area contributed by atoms with Crippen molar-refractivity contribution >= 4 is 0 Å². The molecule has 1 aliphatic rings. The van der Waals surface area contributed by atoms with Gasteiger partial charge in [0, 0.05) is 37.7 Å². The number of likely N-dealkylation sites (N-methyl/N-ethyl adjacent to an activating group) is 1.